The fraction of sp³-hybridized carbons (Fsp3) is 0.714. The van der Waals surface area contributed by atoms with Crippen molar-refractivity contribution in [1.82, 2.24) is 0 Å². The van der Waals surface area contributed by atoms with Crippen molar-refractivity contribution in [3.05, 3.63) is 71.8 Å². The molecule has 0 aliphatic heterocycles. The molecule has 0 unspecified atom stereocenters. The van der Waals surface area contributed by atoms with Crippen molar-refractivity contribution in [3.63, 3.8) is 0 Å². The molecule has 0 heterocycles. The van der Waals surface area contributed by atoms with Gasteiger partial charge in [-0.05, 0) is 0 Å². The molecule has 0 spiro atoms. The van der Waals surface area contributed by atoms with Gasteiger partial charge in [-0.3, -0.25) is 0 Å². The van der Waals surface area contributed by atoms with Crippen LogP contribution in [-0.2, 0) is 12.3 Å². The fourth-order valence-electron chi connectivity index (χ4n) is 7.26. The Hall–Kier alpha value is -0.650. The fourth-order valence-corrected chi connectivity index (χ4v) is 15.7. The van der Waals surface area contributed by atoms with Gasteiger partial charge in [-0.1, -0.05) is 26.7 Å². The monoisotopic (exact) mass is 686 g/mol. The molecule has 0 radical (unpaired) electrons. The predicted molar refractivity (Wildman–Crippen MR) is 208 cm³/mol. The van der Waals surface area contributed by atoms with Crippen LogP contribution in [-0.4, -0.2) is 12.3 Å². The topological polar surface area (TPSA) is 0 Å². The quantitative estimate of drug-likeness (QED) is 0.0566. The average molecular weight is 688 g/mol. The van der Waals surface area contributed by atoms with Gasteiger partial charge in [0.2, 0.25) is 0 Å². The van der Waals surface area contributed by atoms with Crippen LogP contribution in [0.25, 0.3) is 0 Å². The molecule has 0 aliphatic carbocycles. The van der Waals surface area contributed by atoms with Gasteiger partial charge < -0.3 is 0 Å². The molecule has 2 aromatic rings. The van der Waals surface area contributed by atoms with Crippen molar-refractivity contribution >= 4 is 20.8 Å². The SMILES string of the molecule is CCCCCCCCCCCCCCP(Br)(CCCCCCCCCCCCCC)(Cc1ccccc1)Cc1ccccc1. The molecule has 0 bridgehead atoms. The van der Waals surface area contributed by atoms with Crippen LogP contribution in [0.1, 0.15) is 179 Å². The summed E-state index contributed by atoms with van der Waals surface area (Å²) < 4.78 is 0. The van der Waals surface area contributed by atoms with Crippen molar-refractivity contribution in [3.8, 4) is 0 Å². The van der Waals surface area contributed by atoms with Gasteiger partial charge in [0, 0.05) is 0 Å². The molecule has 0 nitrogen and oxygen atoms in total. The summed E-state index contributed by atoms with van der Waals surface area (Å²) in [6.45, 7) is 4.62. The van der Waals surface area contributed by atoms with Gasteiger partial charge in [0.1, 0.15) is 0 Å². The third-order valence-electron chi connectivity index (χ3n) is 9.98. The first-order chi connectivity index (χ1) is 21.6. The van der Waals surface area contributed by atoms with Crippen LogP contribution in [0.2, 0.25) is 0 Å². The second-order valence-electron chi connectivity index (χ2n) is 14.3. The van der Waals surface area contributed by atoms with Crippen molar-refractivity contribution < 1.29 is 0 Å². The first kappa shape index (κ1) is 39.5. The number of benzene rings is 2. The molecule has 0 aliphatic rings. The Morgan fingerprint density at radius 2 is 0.614 bits per heavy atom. The first-order valence-electron chi connectivity index (χ1n) is 19.4. The van der Waals surface area contributed by atoms with E-state index in [4.69, 9.17) is 15.5 Å². The van der Waals surface area contributed by atoms with Crippen LogP contribution >= 0.6 is 20.8 Å². The van der Waals surface area contributed by atoms with Crippen LogP contribution < -0.4 is 0 Å². The van der Waals surface area contributed by atoms with E-state index in [9.17, 15) is 0 Å². The van der Waals surface area contributed by atoms with Crippen LogP contribution in [0.3, 0.4) is 0 Å². The summed E-state index contributed by atoms with van der Waals surface area (Å²) in [6, 6.07) is 22.9. The molecule has 0 saturated heterocycles. The Morgan fingerprint density at radius 3 is 0.886 bits per heavy atom. The number of hydrogen-bond donors (Lipinski definition) is 0. The molecule has 2 aromatic carbocycles. The Bertz CT molecular complexity index is 821. The number of halogens is 1. The molecular weight excluding hydrogens is 615 g/mol. The third kappa shape index (κ3) is 19.1. The van der Waals surface area contributed by atoms with Crippen molar-refractivity contribution in [2.24, 2.45) is 0 Å². The molecular formula is C42H72BrP. The number of hydrogen-bond acceptors (Lipinski definition) is 0. The standard InChI is InChI=1S/C42H72BrP/c1-3-5-7-9-11-13-15-17-19-21-23-31-37-44(43,39-41-33-27-25-28-34-41,40-42-35-29-26-30-36-42)38-32-24-22-20-18-16-14-12-10-8-6-4-2/h25-30,33-36H,3-24,31-32,37-40H2,1-2H3. The van der Waals surface area contributed by atoms with Crippen LogP contribution in [0.4, 0.5) is 0 Å². The zero-order valence-electron chi connectivity index (χ0n) is 29.4. The Morgan fingerprint density at radius 1 is 0.364 bits per heavy atom. The van der Waals surface area contributed by atoms with E-state index in [2.05, 4.69) is 74.5 Å². The molecule has 0 N–H and O–H groups in total. The summed E-state index contributed by atoms with van der Waals surface area (Å²) in [7, 11) is 0. The Labute approximate surface area is 284 Å². The molecule has 0 atom stereocenters. The average Bonchev–Trinajstić information content (AvgIpc) is 3.03. The zero-order valence-corrected chi connectivity index (χ0v) is 31.9. The van der Waals surface area contributed by atoms with Gasteiger partial charge in [-0.15, -0.1) is 0 Å². The first-order valence-corrected chi connectivity index (χ1v) is 24.4. The second-order valence-corrected chi connectivity index (χ2v) is 25.5. The summed E-state index contributed by atoms with van der Waals surface area (Å²) in [5.41, 5.74) is 3.08. The van der Waals surface area contributed by atoms with E-state index in [1.807, 2.05) is 0 Å². The molecule has 0 saturated carbocycles. The van der Waals surface area contributed by atoms with Gasteiger partial charge >= 0.3 is 258 Å². The molecule has 2 heteroatoms. The maximum atomic E-state index is 4.76. The van der Waals surface area contributed by atoms with Gasteiger partial charge in [-0.25, -0.2) is 0 Å². The van der Waals surface area contributed by atoms with Gasteiger partial charge in [0.25, 0.3) is 0 Å². The molecule has 2 rings (SSSR count). The number of rotatable bonds is 30. The second kappa shape index (κ2) is 25.4. The Kier molecular flexibility index (Phi) is 22.9. The van der Waals surface area contributed by atoms with E-state index in [-0.39, 0.29) is 0 Å². The van der Waals surface area contributed by atoms with E-state index in [1.54, 1.807) is 0 Å². The van der Waals surface area contributed by atoms with E-state index in [1.165, 1.54) is 190 Å². The third-order valence-corrected chi connectivity index (χ3v) is 18.8. The van der Waals surface area contributed by atoms with Gasteiger partial charge in [0.05, 0.1) is 0 Å². The summed E-state index contributed by atoms with van der Waals surface area (Å²) >= 11 is 4.76. The van der Waals surface area contributed by atoms with Crippen molar-refractivity contribution in [1.29, 1.82) is 0 Å². The van der Waals surface area contributed by atoms with Crippen molar-refractivity contribution in [2.45, 2.75) is 180 Å². The summed E-state index contributed by atoms with van der Waals surface area (Å²) in [4.78, 5) is 0. The normalized spacial score (nSPS) is 12.8. The number of unbranched alkanes of at least 4 members (excludes halogenated alkanes) is 22. The van der Waals surface area contributed by atoms with Gasteiger partial charge in [0.15, 0.2) is 0 Å². The zero-order chi connectivity index (χ0) is 31.5. The van der Waals surface area contributed by atoms with E-state index >= 15 is 0 Å². The Balaban J connectivity index is 1.87. The minimum absolute atomic E-state index is 1.25. The summed E-state index contributed by atoms with van der Waals surface area (Å²) in [5, 5.41) is -2.17. The van der Waals surface area contributed by atoms with Crippen molar-refractivity contribution in [2.75, 3.05) is 12.3 Å². The van der Waals surface area contributed by atoms with E-state index in [0.717, 1.165) is 0 Å². The molecule has 0 aromatic heterocycles. The molecule has 252 valence electrons. The van der Waals surface area contributed by atoms with Crippen LogP contribution in [0.15, 0.2) is 60.7 Å². The summed E-state index contributed by atoms with van der Waals surface area (Å²) in [5.74, 6) is 0. The maximum absolute atomic E-state index is 4.76. The molecule has 44 heavy (non-hydrogen) atoms. The minimum atomic E-state index is -2.17. The predicted octanol–water partition coefficient (Wildman–Crippen LogP) is 15.7. The van der Waals surface area contributed by atoms with Crippen LogP contribution in [0.5, 0.6) is 0 Å². The van der Waals surface area contributed by atoms with Crippen LogP contribution in [0, 0.1) is 0 Å². The van der Waals surface area contributed by atoms with E-state index < -0.39 is 5.31 Å². The summed E-state index contributed by atoms with van der Waals surface area (Å²) in [6.07, 6.45) is 39.5. The van der Waals surface area contributed by atoms with Gasteiger partial charge in [-0.2, -0.15) is 0 Å². The molecule has 0 amide bonds. The van der Waals surface area contributed by atoms with E-state index in [0.29, 0.717) is 0 Å². The molecule has 0 fully saturated rings.